The van der Waals surface area contributed by atoms with Crippen LogP contribution in [0.3, 0.4) is 0 Å². The van der Waals surface area contributed by atoms with Gasteiger partial charge in [0, 0.05) is 23.1 Å². The van der Waals surface area contributed by atoms with Crippen molar-refractivity contribution in [2.75, 3.05) is 12.4 Å². The van der Waals surface area contributed by atoms with Crippen molar-refractivity contribution in [2.45, 2.75) is 6.54 Å². The van der Waals surface area contributed by atoms with Crippen LogP contribution in [0.4, 0.5) is 5.00 Å². The van der Waals surface area contributed by atoms with E-state index >= 15 is 0 Å². The first-order valence-electron chi connectivity index (χ1n) is 4.88. The molecule has 88 valence electrons. The molecule has 0 spiro atoms. The monoisotopic (exact) mass is 267 g/mol. The maximum absolute atomic E-state index is 5.27. The van der Waals surface area contributed by atoms with Gasteiger partial charge in [-0.2, -0.15) is 4.98 Å². The van der Waals surface area contributed by atoms with Gasteiger partial charge in [0.1, 0.15) is 10.7 Å². The molecule has 0 saturated heterocycles. The van der Waals surface area contributed by atoms with Crippen molar-refractivity contribution >= 4 is 32.8 Å². The highest BCUT2D eigenvalue weighted by Crippen LogP contribution is 2.24. The first-order chi connectivity index (χ1) is 8.38. The summed E-state index contributed by atoms with van der Waals surface area (Å²) >= 11 is 2.91. The second-order valence-electron chi connectivity index (χ2n) is 3.26. The number of thiazole rings is 1. The first-order valence-corrected chi connectivity index (χ1v) is 6.53. The van der Waals surface area contributed by atoms with Crippen LogP contribution in [0.15, 0.2) is 17.8 Å². The Morgan fingerprint density at radius 2 is 2.47 bits per heavy atom. The third-order valence-electron chi connectivity index (χ3n) is 2.31. The van der Waals surface area contributed by atoms with Crippen LogP contribution in [0, 0.1) is 0 Å². The van der Waals surface area contributed by atoms with Crippen LogP contribution in [-0.4, -0.2) is 26.1 Å². The van der Waals surface area contributed by atoms with Gasteiger partial charge in [0.05, 0.1) is 19.9 Å². The van der Waals surface area contributed by atoms with Gasteiger partial charge in [0.25, 0.3) is 0 Å². The summed E-state index contributed by atoms with van der Waals surface area (Å²) in [6.07, 6.45) is 3.68. The van der Waals surface area contributed by atoms with Crippen molar-refractivity contribution in [1.82, 2.24) is 19.0 Å². The molecule has 0 amide bonds. The molecule has 0 atom stereocenters. The second kappa shape index (κ2) is 4.30. The van der Waals surface area contributed by atoms with Crippen LogP contribution in [0.25, 0.3) is 4.96 Å². The second-order valence-corrected chi connectivity index (χ2v) is 4.92. The number of rotatable bonds is 4. The Bertz CT molecular complexity index is 614. The predicted molar refractivity (Wildman–Crippen MR) is 66.9 cm³/mol. The highest BCUT2D eigenvalue weighted by Gasteiger charge is 2.13. The lowest BCUT2D eigenvalue weighted by molar-refractivity contribution is 0.395. The summed E-state index contributed by atoms with van der Waals surface area (Å²) in [5.74, 6) is 0.654. The smallest absolute Gasteiger partial charge is 0.238 e. The van der Waals surface area contributed by atoms with Gasteiger partial charge in [-0.15, -0.1) is 16.4 Å². The van der Waals surface area contributed by atoms with Crippen LogP contribution < -0.4 is 10.1 Å². The number of ether oxygens (including phenoxy) is 1. The molecule has 6 nitrogen and oxygen atoms in total. The SMILES string of the molecule is COc1nc2sccn2c1CNc1cnns1. The molecule has 0 unspecified atom stereocenters. The Kier molecular flexibility index (Phi) is 2.65. The fourth-order valence-electron chi connectivity index (χ4n) is 1.55. The van der Waals surface area contributed by atoms with Gasteiger partial charge in [0.15, 0.2) is 4.96 Å². The molecule has 0 fully saturated rings. The summed E-state index contributed by atoms with van der Waals surface area (Å²) in [5, 5.41) is 9.94. The van der Waals surface area contributed by atoms with Crippen LogP contribution >= 0.6 is 22.9 Å². The standard InChI is InChI=1S/C9H9N5OS2/c1-15-8-6(4-10-7-5-11-13-17-7)14-2-3-16-9(14)12-8/h2-3,5,10H,4H2,1H3. The molecule has 0 aliphatic heterocycles. The van der Waals surface area contributed by atoms with Crippen LogP contribution in [0.2, 0.25) is 0 Å². The Balaban J connectivity index is 1.89. The van der Waals surface area contributed by atoms with Gasteiger partial charge in [-0.1, -0.05) is 4.49 Å². The van der Waals surface area contributed by atoms with E-state index in [-0.39, 0.29) is 0 Å². The largest absolute Gasteiger partial charge is 0.480 e. The molecule has 1 N–H and O–H groups in total. The normalized spacial score (nSPS) is 10.9. The van der Waals surface area contributed by atoms with Crippen molar-refractivity contribution in [2.24, 2.45) is 0 Å². The molecule has 3 aromatic heterocycles. The lowest BCUT2D eigenvalue weighted by atomic mass is 10.4. The van der Waals surface area contributed by atoms with Gasteiger partial charge >= 0.3 is 0 Å². The van der Waals surface area contributed by atoms with E-state index in [2.05, 4.69) is 19.9 Å². The Labute approximate surface area is 105 Å². The zero-order valence-corrected chi connectivity index (χ0v) is 10.6. The number of hydrogen-bond acceptors (Lipinski definition) is 7. The maximum atomic E-state index is 5.27. The molecule has 0 saturated carbocycles. The number of imidazole rings is 1. The molecular weight excluding hydrogens is 258 g/mol. The molecule has 0 aliphatic carbocycles. The number of aromatic nitrogens is 4. The van der Waals surface area contributed by atoms with Crippen molar-refractivity contribution in [3.05, 3.63) is 23.5 Å². The van der Waals surface area contributed by atoms with Gasteiger partial charge in [-0.3, -0.25) is 4.40 Å². The summed E-state index contributed by atoms with van der Waals surface area (Å²) in [6.45, 7) is 0.630. The quantitative estimate of drug-likeness (QED) is 0.781. The molecule has 3 aromatic rings. The maximum Gasteiger partial charge on any atom is 0.238 e. The lowest BCUT2D eigenvalue weighted by Gasteiger charge is -2.03. The minimum Gasteiger partial charge on any atom is -0.480 e. The number of anilines is 1. The highest BCUT2D eigenvalue weighted by atomic mass is 32.1. The van der Waals surface area contributed by atoms with Gasteiger partial charge < -0.3 is 10.1 Å². The van der Waals surface area contributed by atoms with Crippen LogP contribution in [0.5, 0.6) is 5.88 Å². The molecule has 0 aliphatic rings. The van der Waals surface area contributed by atoms with E-state index in [0.29, 0.717) is 12.4 Å². The molecule has 0 bridgehead atoms. The van der Waals surface area contributed by atoms with E-state index in [9.17, 15) is 0 Å². The van der Waals surface area contributed by atoms with Crippen molar-refractivity contribution in [1.29, 1.82) is 0 Å². The summed E-state index contributed by atoms with van der Waals surface area (Å²) < 4.78 is 11.1. The molecule has 0 radical (unpaired) electrons. The van der Waals surface area contributed by atoms with Gasteiger partial charge in [-0.25, -0.2) is 0 Å². The molecule has 3 heterocycles. The molecule has 17 heavy (non-hydrogen) atoms. The zero-order chi connectivity index (χ0) is 11.7. The Morgan fingerprint density at radius 1 is 1.53 bits per heavy atom. The topological polar surface area (TPSA) is 64.3 Å². The van der Waals surface area contributed by atoms with Crippen molar-refractivity contribution in [3.8, 4) is 5.88 Å². The highest BCUT2D eigenvalue weighted by molar-refractivity contribution is 7.15. The minimum absolute atomic E-state index is 0.630. The number of fused-ring (bicyclic) bond motifs is 1. The zero-order valence-electron chi connectivity index (χ0n) is 8.95. The average Bonchev–Trinajstić information content (AvgIpc) is 3.03. The average molecular weight is 267 g/mol. The van der Waals surface area contributed by atoms with E-state index < -0.39 is 0 Å². The van der Waals surface area contributed by atoms with E-state index in [4.69, 9.17) is 4.74 Å². The fourth-order valence-corrected chi connectivity index (χ4v) is 2.69. The molecular formula is C9H9N5OS2. The number of nitrogens with one attached hydrogen (secondary N) is 1. The summed E-state index contributed by atoms with van der Waals surface area (Å²) in [6, 6.07) is 0. The van der Waals surface area contributed by atoms with Crippen molar-refractivity contribution in [3.63, 3.8) is 0 Å². The minimum atomic E-state index is 0.630. The van der Waals surface area contributed by atoms with Crippen LogP contribution in [0.1, 0.15) is 5.69 Å². The molecule has 8 heteroatoms. The Morgan fingerprint density at radius 3 is 3.24 bits per heavy atom. The molecule has 3 rings (SSSR count). The fraction of sp³-hybridized carbons (Fsp3) is 0.222. The lowest BCUT2D eigenvalue weighted by Crippen LogP contribution is -2.02. The summed E-state index contributed by atoms with van der Waals surface area (Å²) in [5.41, 5.74) is 0.997. The predicted octanol–water partition coefficient (Wildman–Crippen LogP) is 1.87. The number of hydrogen-bond donors (Lipinski definition) is 1. The summed E-state index contributed by atoms with van der Waals surface area (Å²) in [7, 11) is 1.63. The third kappa shape index (κ3) is 1.85. The van der Waals surface area contributed by atoms with Gasteiger partial charge in [0.2, 0.25) is 5.88 Å². The van der Waals surface area contributed by atoms with E-state index in [1.165, 1.54) is 11.5 Å². The first kappa shape index (κ1) is 10.5. The van der Waals surface area contributed by atoms with E-state index in [0.717, 1.165) is 15.7 Å². The number of methoxy groups -OCH3 is 1. The van der Waals surface area contributed by atoms with E-state index in [1.54, 1.807) is 24.6 Å². The third-order valence-corrected chi connectivity index (χ3v) is 3.69. The van der Waals surface area contributed by atoms with Gasteiger partial charge in [-0.05, 0) is 0 Å². The van der Waals surface area contributed by atoms with E-state index in [1.807, 2.05) is 16.0 Å². The molecule has 0 aromatic carbocycles. The summed E-state index contributed by atoms with van der Waals surface area (Å²) in [4.78, 5) is 5.31. The number of nitrogens with zero attached hydrogens (tertiary/aromatic N) is 4. The van der Waals surface area contributed by atoms with Crippen molar-refractivity contribution < 1.29 is 4.74 Å². The Hall–Kier alpha value is -1.67. The van der Waals surface area contributed by atoms with Crippen LogP contribution in [-0.2, 0) is 6.54 Å².